The molecule has 3 aromatic carbocycles. The molecule has 2 aromatic heterocycles. The topological polar surface area (TPSA) is 59.8 Å². The van der Waals surface area contributed by atoms with Gasteiger partial charge >= 0.3 is 0 Å². The molecule has 8 heteroatoms. The normalized spacial score (nSPS) is 16.6. The van der Waals surface area contributed by atoms with Crippen LogP contribution in [0.1, 0.15) is 29.1 Å². The number of anilines is 1. The third-order valence-electron chi connectivity index (χ3n) is 6.88. The molecule has 1 fully saturated rings. The molecule has 0 bridgehead atoms. The Labute approximate surface area is 243 Å². The fourth-order valence-electron chi connectivity index (χ4n) is 4.79. The molecule has 6 rings (SSSR count). The van der Waals surface area contributed by atoms with Gasteiger partial charge in [0.05, 0.1) is 18.8 Å². The number of benzene rings is 3. The monoisotopic (exact) mass is 567 g/mol. The van der Waals surface area contributed by atoms with Crippen molar-refractivity contribution in [2.45, 2.75) is 19.0 Å². The van der Waals surface area contributed by atoms with E-state index >= 15 is 0 Å². The highest BCUT2D eigenvalue weighted by molar-refractivity contribution is 7.80. The first-order chi connectivity index (χ1) is 19.5. The average molecular weight is 568 g/mol. The van der Waals surface area contributed by atoms with E-state index in [2.05, 4.69) is 15.2 Å². The molecule has 1 N–H and O–H groups in total. The predicted octanol–water partition coefficient (Wildman–Crippen LogP) is 8.28. The third-order valence-corrected chi connectivity index (χ3v) is 7.60. The minimum absolute atomic E-state index is 0.218. The first-order valence-corrected chi connectivity index (χ1v) is 13.6. The van der Waals surface area contributed by atoms with Gasteiger partial charge in [-0.3, -0.25) is 4.98 Å². The SMILES string of the molecule is COc1ccc(Oc2ccc(N3C(=S)N[C@H](c4ccccn4)[C@@H]3c3ccc(-c4ccc(C)c(Cl)c4)o3)cc2)cc1. The van der Waals surface area contributed by atoms with Crippen molar-refractivity contribution in [3.8, 4) is 28.6 Å². The van der Waals surface area contributed by atoms with Crippen LogP contribution in [0.5, 0.6) is 17.2 Å². The minimum Gasteiger partial charge on any atom is -0.497 e. The quantitative estimate of drug-likeness (QED) is 0.198. The second-order valence-electron chi connectivity index (χ2n) is 9.43. The summed E-state index contributed by atoms with van der Waals surface area (Å²) in [6.45, 7) is 1.98. The van der Waals surface area contributed by atoms with E-state index in [9.17, 15) is 0 Å². The van der Waals surface area contributed by atoms with E-state index in [0.29, 0.717) is 15.9 Å². The minimum atomic E-state index is -0.273. The lowest BCUT2D eigenvalue weighted by Crippen LogP contribution is -2.29. The van der Waals surface area contributed by atoms with Crippen LogP contribution in [0.15, 0.2) is 108 Å². The van der Waals surface area contributed by atoms with Crippen molar-refractivity contribution in [3.63, 3.8) is 0 Å². The number of furan rings is 1. The predicted molar refractivity (Wildman–Crippen MR) is 161 cm³/mol. The lowest BCUT2D eigenvalue weighted by Gasteiger charge is -2.26. The summed E-state index contributed by atoms with van der Waals surface area (Å²) in [4.78, 5) is 6.69. The fourth-order valence-corrected chi connectivity index (χ4v) is 5.32. The van der Waals surface area contributed by atoms with Crippen molar-refractivity contribution in [1.82, 2.24) is 10.3 Å². The Morgan fingerprint density at radius 1 is 0.900 bits per heavy atom. The molecule has 40 heavy (non-hydrogen) atoms. The van der Waals surface area contributed by atoms with Crippen molar-refractivity contribution >= 4 is 34.6 Å². The molecule has 0 spiro atoms. The van der Waals surface area contributed by atoms with Gasteiger partial charge in [-0.05, 0) is 104 Å². The van der Waals surface area contributed by atoms with Gasteiger partial charge in [0.1, 0.15) is 34.8 Å². The molecule has 1 saturated heterocycles. The van der Waals surface area contributed by atoms with Gasteiger partial charge in [0, 0.05) is 22.5 Å². The number of pyridine rings is 1. The van der Waals surface area contributed by atoms with E-state index in [1.807, 2.05) is 104 Å². The molecule has 2 atom stereocenters. The van der Waals surface area contributed by atoms with E-state index in [0.717, 1.165) is 45.5 Å². The van der Waals surface area contributed by atoms with Crippen LogP contribution in [-0.4, -0.2) is 17.2 Å². The Balaban J connectivity index is 1.33. The van der Waals surface area contributed by atoms with Crippen LogP contribution in [0.3, 0.4) is 0 Å². The molecule has 0 radical (unpaired) electrons. The third kappa shape index (κ3) is 5.13. The number of hydrogen-bond acceptors (Lipinski definition) is 5. The van der Waals surface area contributed by atoms with E-state index in [4.69, 9.17) is 37.7 Å². The molecule has 1 aliphatic heterocycles. The van der Waals surface area contributed by atoms with Crippen LogP contribution in [0.25, 0.3) is 11.3 Å². The standard InChI is InChI=1S/C32H26ClN3O3S/c1-20-6-7-21(19-26(20)33)28-16-17-29(39-28)31-30(27-5-3-4-18-34-27)35-32(40)36(31)22-8-10-24(11-9-22)38-25-14-12-23(37-2)13-15-25/h3-19,30-31H,1-2H3,(H,35,40)/t30-,31+/m1/s1. The van der Waals surface area contributed by atoms with Crippen LogP contribution in [0.2, 0.25) is 5.02 Å². The van der Waals surface area contributed by atoms with Crippen LogP contribution in [0, 0.1) is 6.92 Å². The Kier molecular flexibility index (Phi) is 7.15. The van der Waals surface area contributed by atoms with Gasteiger partial charge < -0.3 is 24.1 Å². The molecule has 6 nitrogen and oxygen atoms in total. The van der Waals surface area contributed by atoms with Crippen LogP contribution < -0.4 is 19.7 Å². The number of halogens is 1. The highest BCUT2D eigenvalue weighted by atomic mass is 35.5. The first-order valence-electron chi connectivity index (χ1n) is 12.8. The van der Waals surface area contributed by atoms with Crippen LogP contribution in [0.4, 0.5) is 5.69 Å². The first kappa shape index (κ1) is 25.9. The molecular formula is C32H26ClN3O3S. The van der Waals surface area contributed by atoms with Gasteiger partial charge in [0.15, 0.2) is 5.11 Å². The highest BCUT2D eigenvalue weighted by Gasteiger charge is 2.42. The molecule has 3 heterocycles. The van der Waals surface area contributed by atoms with Crippen molar-refractivity contribution in [1.29, 1.82) is 0 Å². The van der Waals surface area contributed by atoms with Crippen LogP contribution >= 0.6 is 23.8 Å². The molecule has 0 unspecified atom stereocenters. The van der Waals surface area contributed by atoms with E-state index < -0.39 is 0 Å². The molecule has 5 aromatic rings. The molecule has 0 aliphatic carbocycles. The summed E-state index contributed by atoms with van der Waals surface area (Å²) in [7, 11) is 1.64. The Hall–Kier alpha value is -4.33. The van der Waals surface area contributed by atoms with Crippen molar-refractivity contribution in [2.75, 3.05) is 12.0 Å². The second kappa shape index (κ2) is 11.0. The number of thiocarbonyl (C=S) groups is 1. The number of ether oxygens (including phenoxy) is 2. The molecule has 0 amide bonds. The van der Waals surface area contributed by atoms with Gasteiger partial charge in [0.25, 0.3) is 0 Å². The number of aromatic nitrogens is 1. The summed E-state index contributed by atoms with van der Waals surface area (Å²) in [6, 6.07) is 30.6. The Morgan fingerprint density at radius 2 is 1.62 bits per heavy atom. The zero-order valence-electron chi connectivity index (χ0n) is 21.9. The fraction of sp³-hybridized carbons (Fsp3) is 0.125. The van der Waals surface area contributed by atoms with Crippen LogP contribution in [-0.2, 0) is 0 Å². The molecule has 1 aliphatic rings. The zero-order valence-corrected chi connectivity index (χ0v) is 23.4. The lowest BCUT2D eigenvalue weighted by atomic mass is 10.0. The lowest BCUT2D eigenvalue weighted by molar-refractivity contribution is 0.413. The maximum absolute atomic E-state index is 6.46. The summed E-state index contributed by atoms with van der Waals surface area (Å²) in [5.74, 6) is 3.70. The van der Waals surface area contributed by atoms with Gasteiger partial charge in [-0.1, -0.05) is 29.8 Å². The summed E-state index contributed by atoms with van der Waals surface area (Å²) in [5.41, 5.74) is 3.70. The summed E-state index contributed by atoms with van der Waals surface area (Å²) in [5, 5.41) is 4.75. The Bertz CT molecular complexity index is 1640. The number of rotatable bonds is 7. The Morgan fingerprint density at radius 3 is 2.30 bits per heavy atom. The molecule has 0 saturated carbocycles. The molecule has 200 valence electrons. The van der Waals surface area contributed by atoms with Gasteiger partial charge in [0.2, 0.25) is 0 Å². The summed E-state index contributed by atoms with van der Waals surface area (Å²) >= 11 is 12.3. The van der Waals surface area contributed by atoms with Gasteiger partial charge in [-0.2, -0.15) is 0 Å². The second-order valence-corrected chi connectivity index (χ2v) is 10.2. The number of nitrogens with one attached hydrogen (secondary N) is 1. The number of hydrogen-bond donors (Lipinski definition) is 1. The molecular weight excluding hydrogens is 542 g/mol. The zero-order chi connectivity index (χ0) is 27.6. The van der Waals surface area contributed by atoms with Gasteiger partial charge in [-0.15, -0.1) is 0 Å². The highest BCUT2D eigenvalue weighted by Crippen LogP contribution is 2.43. The smallest absolute Gasteiger partial charge is 0.174 e. The van der Waals surface area contributed by atoms with Gasteiger partial charge in [-0.25, -0.2) is 0 Å². The maximum atomic E-state index is 6.46. The maximum Gasteiger partial charge on any atom is 0.174 e. The average Bonchev–Trinajstić information content (AvgIpc) is 3.60. The number of nitrogens with zero attached hydrogens (tertiary/aromatic N) is 2. The largest absolute Gasteiger partial charge is 0.497 e. The number of methoxy groups -OCH3 is 1. The van der Waals surface area contributed by atoms with E-state index in [1.54, 1.807) is 13.3 Å². The van der Waals surface area contributed by atoms with Crippen molar-refractivity contribution in [3.05, 3.63) is 125 Å². The van der Waals surface area contributed by atoms with Crippen molar-refractivity contribution < 1.29 is 13.9 Å². The van der Waals surface area contributed by atoms with E-state index in [-0.39, 0.29) is 12.1 Å². The van der Waals surface area contributed by atoms with Crippen molar-refractivity contribution in [2.24, 2.45) is 0 Å². The summed E-state index contributed by atoms with van der Waals surface area (Å²) < 4.78 is 17.7. The summed E-state index contributed by atoms with van der Waals surface area (Å²) in [6.07, 6.45) is 1.78. The van der Waals surface area contributed by atoms with E-state index in [1.165, 1.54) is 0 Å². The number of aryl methyl sites for hydroxylation is 1.